The van der Waals surface area contributed by atoms with E-state index in [-0.39, 0.29) is 5.69 Å². The molecule has 190 valence electrons. The molecule has 0 radical (unpaired) electrons. The summed E-state index contributed by atoms with van der Waals surface area (Å²) in [4.78, 5) is 15.1. The first-order valence-electron chi connectivity index (χ1n) is 12.1. The number of fused-ring (bicyclic) bond motifs is 1. The quantitative estimate of drug-likeness (QED) is 0.314. The number of urea groups is 1. The van der Waals surface area contributed by atoms with E-state index in [1.165, 1.54) is 18.2 Å². The summed E-state index contributed by atoms with van der Waals surface area (Å²) >= 11 is 0. The van der Waals surface area contributed by atoms with Gasteiger partial charge in [-0.1, -0.05) is 54.6 Å². The van der Waals surface area contributed by atoms with Gasteiger partial charge in [0.1, 0.15) is 12.4 Å². The molecule has 1 aliphatic heterocycles. The first-order valence-corrected chi connectivity index (χ1v) is 12.1. The third kappa shape index (κ3) is 5.48. The maximum absolute atomic E-state index is 13.5. The van der Waals surface area contributed by atoms with E-state index in [9.17, 15) is 18.0 Å². The van der Waals surface area contributed by atoms with Crippen molar-refractivity contribution in [3.63, 3.8) is 0 Å². The number of alkyl halides is 3. The summed E-state index contributed by atoms with van der Waals surface area (Å²) < 4.78 is 48.6. The molecule has 2 amide bonds. The van der Waals surface area contributed by atoms with Crippen LogP contribution in [-0.4, -0.2) is 22.0 Å². The molecule has 0 aliphatic carbocycles. The number of benzene rings is 3. The largest absolute Gasteiger partial charge is 0.489 e. The van der Waals surface area contributed by atoms with E-state index >= 15 is 0 Å². The number of rotatable bonds is 5. The highest BCUT2D eigenvalue weighted by Crippen LogP contribution is 2.36. The normalized spacial score (nSPS) is 15.5. The second-order valence-electron chi connectivity index (χ2n) is 8.89. The van der Waals surface area contributed by atoms with Gasteiger partial charge in [0.05, 0.1) is 17.3 Å². The van der Waals surface area contributed by atoms with Gasteiger partial charge in [-0.25, -0.2) is 4.79 Å². The minimum Gasteiger partial charge on any atom is -0.489 e. The molecule has 0 fully saturated rings. The highest BCUT2D eigenvalue weighted by atomic mass is 19.4. The maximum atomic E-state index is 13.5. The molecule has 1 aliphatic rings. The summed E-state index contributed by atoms with van der Waals surface area (Å²) in [6.07, 6.45) is -1.95. The fourth-order valence-electron chi connectivity index (χ4n) is 4.66. The first kappa shape index (κ1) is 24.5. The average molecular weight is 506 g/mol. The number of carbonyl (C=O) groups is 1. The lowest BCUT2D eigenvalue weighted by molar-refractivity contribution is -0.136. The van der Waals surface area contributed by atoms with Gasteiger partial charge in [0.25, 0.3) is 0 Å². The first-order chi connectivity index (χ1) is 17.9. The number of nitrogens with zero attached hydrogens (tertiary/aromatic N) is 2. The zero-order valence-electron chi connectivity index (χ0n) is 20.0. The van der Waals surface area contributed by atoms with Gasteiger partial charge in [-0.05, 0) is 53.9 Å². The van der Waals surface area contributed by atoms with Crippen molar-refractivity contribution in [3.8, 4) is 5.75 Å². The number of anilines is 1. The lowest BCUT2D eigenvalue weighted by Gasteiger charge is -2.31. The van der Waals surface area contributed by atoms with Crippen molar-refractivity contribution in [2.45, 2.75) is 31.8 Å². The number of amides is 2. The third-order valence-electron chi connectivity index (χ3n) is 6.43. The van der Waals surface area contributed by atoms with Gasteiger partial charge in [-0.15, -0.1) is 0 Å². The Kier molecular flexibility index (Phi) is 6.90. The highest BCUT2D eigenvalue weighted by Gasteiger charge is 2.35. The standard InChI is InChI=1S/C29H26F3N3O2/c30-29(31,32)24-10-4-5-11-25(24)33-28(36)35-19-7-18-34-17-6-12-26(34)27(35)22-13-15-23(16-14-22)37-20-21-8-2-1-3-9-21/h1-6,8-17,27H,7,18-20H2,(H,33,36). The molecule has 1 atom stereocenters. The lowest BCUT2D eigenvalue weighted by atomic mass is 10.0. The fourth-order valence-corrected chi connectivity index (χ4v) is 4.66. The molecule has 0 saturated heterocycles. The molecule has 2 heterocycles. The Morgan fingerprint density at radius 2 is 1.62 bits per heavy atom. The Morgan fingerprint density at radius 1 is 0.892 bits per heavy atom. The van der Waals surface area contributed by atoms with E-state index in [1.807, 2.05) is 72.9 Å². The molecule has 0 saturated carbocycles. The highest BCUT2D eigenvalue weighted by molar-refractivity contribution is 5.91. The van der Waals surface area contributed by atoms with Crippen LogP contribution in [0, 0.1) is 0 Å². The van der Waals surface area contributed by atoms with Crippen molar-refractivity contribution in [1.82, 2.24) is 9.47 Å². The molecule has 1 unspecified atom stereocenters. The number of aryl methyl sites for hydroxylation is 1. The molecule has 0 bridgehead atoms. The van der Waals surface area contributed by atoms with E-state index in [4.69, 9.17) is 4.74 Å². The predicted octanol–water partition coefficient (Wildman–Crippen LogP) is 7.11. The van der Waals surface area contributed by atoms with Crippen LogP contribution in [0.1, 0.15) is 34.8 Å². The van der Waals surface area contributed by atoms with Crippen LogP contribution in [0.4, 0.5) is 23.7 Å². The fraction of sp³-hybridized carbons (Fsp3) is 0.207. The van der Waals surface area contributed by atoms with Crippen LogP contribution >= 0.6 is 0 Å². The predicted molar refractivity (Wildman–Crippen MR) is 135 cm³/mol. The Bertz CT molecular complexity index is 1350. The van der Waals surface area contributed by atoms with Crippen LogP contribution in [0.25, 0.3) is 0 Å². The van der Waals surface area contributed by atoms with Crippen molar-refractivity contribution in [2.24, 2.45) is 0 Å². The van der Waals surface area contributed by atoms with Crippen molar-refractivity contribution in [3.05, 3.63) is 120 Å². The molecule has 37 heavy (non-hydrogen) atoms. The van der Waals surface area contributed by atoms with Gasteiger partial charge in [-0.2, -0.15) is 13.2 Å². The topological polar surface area (TPSA) is 46.5 Å². The smallest absolute Gasteiger partial charge is 0.418 e. The third-order valence-corrected chi connectivity index (χ3v) is 6.43. The Labute approximate surface area is 213 Å². The molecule has 1 aromatic heterocycles. The second kappa shape index (κ2) is 10.4. The minimum atomic E-state index is -4.58. The summed E-state index contributed by atoms with van der Waals surface area (Å²) in [5, 5.41) is 2.52. The van der Waals surface area contributed by atoms with Crippen LogP contribution in [-0.2, 0) is 19.3 Å². The number of hydrogen-bond acceptors (Lipinski definition) is 2. The van der Waals surface area contributed by atoms with Crippen LogP contribution in [0.2, 0.25) is 0 Å². The summed E-state index contributed by atoms with van der Waals surface area (Å²) in [7, 11) is 0. The Hall–Kier alpha value is -4.20. The number of aromatic nitrogens is 1. The molecular weight excluding hydrogens is 479 g/mol. The van der Waals surface area contributed by atoms with Gasteiger partial charge in [-0.3, -0.25) is 0 Å². The zero-order chi connectivity index (χ0) is 25.8. The van der Waals surface area contributed by atoms with Gasteiger partial charge in [0.15, 0.2) is 0 Å². The van der Waals surface area contributed by atoms with Gasteiger partial charge < -0.3 is 19.5 Å². The molecule has 4 aromatic rings. The van der Waals surface area contributed by atoms with Gasteiger partial charge in [0, 0.05) is 25.0 Å². The molecule has 0 spiro atoms. The summed E-state index contributed by atoms with van der Waals surface area (Å²) in [5.41, 5.74) is 1.65. The second-order valence-corrected chi connectivity index (χ2v) is 8.89. The summed E-state index contributed by atoms with van der Waals surface area (Å²) in [6, 6.07) is 25.2. The number of ether oxygens (including phenoxy) is 1. The zero-order valence-corrected chi connectivity index (χ0v) is 20.0. The summed E-state index contributed by atoms with van der Waals surface area (Å²) in [5.74, 6) is 0.687. The van der Waals surface area contributed by atoms with Crippen molar-refractivity contribution >= 4 is 11.7 Å². The van der Waals surface area contributed by atoms with Crippen LogP contribution < -0.4 is 10.1 Å². The number of hydrogen-bond donors (Lipinski definition) is 1. The number of halogens is 3. The van der Waals surface area contributed by atoms with Crippen LogP contribution in [0.15, 0.2) is 97.2 Å². The van der Waals surface area contributed by atoms with E-state index in [0.29, 0.717) is 31.9 Å². The molecule has 8 heteroatoms. The molecule has 1 N–H and O–H groups in total. The SMILES string of the molecule is O=C(Nc1ccccc1C(F)(F)F)N1CCCn2cccc2C1c1ccc(OCc2ccccc2)cc1. The number of nitrogens with one attached hydrogen (secondary N) is 1. The van der Waals surface area contributed by atoms with E-state index in [1.54, 1.807) is 4.90 Å². The van der Waals surface area contributed by atoms with E-state index in [0.717, 1.165) is 22.9 Å². The van der Waals surface area contributed by atoms with Crippen molar-refractivity contribution in [2.75, 3.05) is 11.9 Å². The lowest BCUT2D eigenvalue weighted by Crippen LogP contribution is -2.39. The minimum absolute atomic E-state index is 0.261. The molecule has 3 aromatic carbocycles. The van der Waals surface area contributed by atoms with E-state index < -0.39 is 23.8 Å². The molecule has 5 nitrogen and oxygen atoms in total. The van der Waals surface area contributed by atoms with Gasteiger partial charge >= 0.3 is 12.2 Å². The van der Waals surface area contributed by atoms with Gasteiger partial charge in [0.2, 0.25) is 0 Å². The Balaban J connectivity index is 1.41. The van der Waals surface area contributed by atoms with Crippen molar-refractivity contribution < 1.29 is 22.7 Å². The Morgan fingerprint density at radius 3 is 2.38 bits per heavy atom. The monoisotopic (exact) mass is 505 g/mol. The molecular formula is C29H26F3N3O2. The number of carbonyl (C=O) groups excluding carboxylic acids is 1. The maximum Gasteiger partial charge on any atom is 0.418 e. The van der Waals surface area contributed by atoms with Crippen molar-refractivity contribution in [1.29, 1.82) is 0 Å². The van der Waals surface area contributed by atoms with Crippen LogP contribution in [0.5, 0.6) is 5.75 Å². The average Bonchev–Trinajstić information content (AvgIpc) is 3.28. The molecule has 5 rings (SSSR count). The summed E-state index contributed by atoms with van der Waals surface area (Å²) in [6.45, 7) is 1.53. The van der Waals surface area contributed by atoms with Crippen LogP contribution in [0.3, 0.4) is 0 Å². The number of para-hydroxylation sites is 1. The van der Waals surface area contributed by atoms with E-state index in [2.05, 4.69) is 9.88 Å².